The molecule has 1 aliphatic rings. The molecular formula is C22H22N2O3. The van der Waals surface area contributed by atoms with Gasteiger partial charge >= 0.3 is 0 Å². The van der Waals surface area contributed by atoms with E-state index in [1.807, 2.05) is 32.0 Å². The second-order valence-electron chi connectivity index (χ2n) is 7.21. The van der Waals surface area contributed by atoms with E-state index in [-0.39, 0.29) is 24.3 Å². The third kappa shape index (κ3) is 3.72. The minimum Gasteiger partial charge on any atom is -0.464 e. The lowest BCUT2D eigenvalue weighted by molar-refractivity contribution is -0.115. The second-order valence-corrected chi connectivity index (χ2v) is 7.21. The first-order chi connectivity index (χ1) is 13.0. The summed E-state index contributed by atoms with van der Waals surface area (Å²) in [4.78, 5) is 25.0. The van der Waals surface area contributed by atoms with Crippen molar-refractivity contribution in [1.82, 2.24) is 5.32 Å². The molecule has 3 aromatic rings. The molecule has 0 unspecified atom stereocenters. The van der Waals surface area contributed by atoms with E-state index in [9.17, 15) is 9.59 Å². The van der Waals surface area contributed by atoms with Crippen molar-refractivity contribution >= 4 is 28.5 Å². The maximum atomic E-state index is 12.6. The molecule has 138 valence electrons. The predicted molar refractivity (Wildman–Crippen MR) is 105 cm³/mol. The molecule has 2 amide bonds. The van der Waals surface area contributed by atoms with Crippen LogP contribution in [0, 0.1) is 13.8 Å². The highest BCUT2D eigenvalue weighted by Gasteiger charge is 2.25. The Balaban J connectivity index is 1.52. The number of rotatable bonds is 5. The van der Waals surface area contributed by atoms with Gasteiger partial charge in [-0.2, -0.15) is 0 Å². The Bertz CT molecular complexity index is 1030. The third-order valence-electron chi connectivity index (χ3n) is 4.98. The van der Waals surface area contributed by atoms with Crippen molar-refractivity contribution in [1.29, 1.82) is 0 Å². The van der Waals surface area contributed by atoms with Gasteiger partial charge in [-0.1, -0.05) is 12.1 Å². The van der Waals surface area contributed by atoms with E-state index in [1.165, 1.54) is 0 Å². The molecule has 4 rings (SSSR count). The SMILES string of the molecule is Cc1cc2occ(CC(=O)Nc3ccccc3C(=O)NC3CC3)c2cc1C. The van der Waals surface area contributed by atoms with Gasteiger partial charge in [0.05, 0.1) is 23.9 Å². The van der Waals surface area contributed by atoms with Crippen LogP contribution in [0.4, 0.5) is 5.69 Å². The number of para-hydroxylation sites is 1. The number of fused-ring (bicyclic) bond motifs is 1. The lowest BCUT2D eigenvalue weighted by Gasteiger charge is -2.11. The smallest absolute Gasteiger partial charge is 0.253 e. The van der Waals surface area contributed by atoms with Crippen molar-refractivity contribution in [2.75, 3.05) is 5.32 Å². The van der Waals surface area contributed by atoms with Crippen molar-refractivity contribution in [3.05, 3.63) is 64.9 Å². The zero-order chi connectivity index (χ0) is 19.0. The highest BCUT2D eigenvalue weighted by molar-refractivity contribution is 6.04. The Labute approximate surface area is 157 Å². The molecule has 27 heavy (non-hydrogen) atoms. The number of hydrogen-bond acceptors (Lipinski definition) is 3. The van der Waals surface area contributed by atoms with Crippen molar-refractivity contribution in [2.24, 2.45) is 0 Å². The van der Waals surface area contributed by atoms with Crippen LogP contribution in [0.1, 0.15) is 39.9 Å². The van der Waals surface area contributed by atoms with E-state index in [2.05, 4.69) is 10.6 Å². The summed E-state index contributed by atoms with van der Waals surface area (Å²) >= 11 is 0. The number of anilines is 1. The van der Waals surface area contributed by atoms with E-state index in [0.717, 1.165) is 40.5 Å². The number of hydrogen-bond donors (Lipinski definition) is 2. The summed E-state index contributed by atoms with van der Waals surface area (Å²) in [6.07, 6.45) is 3.86. The summed E-state index contributed by atoms with van der Waals surface area (Å²) in [5.74, 6) is -0.323. The molecule has 0 aliphatic heterocycles. The van der Waals surface area contributed by atoms with Gasteiger partial charge in [0.1, 0.15) is 5.58 Å². The first-order valence-corrected chi connectivity index (χ1v) is 9.18. The molecule has 5 heteroatoms. The van der Waals surface area contributed by atoms with Gasteiger partial charge in [-0.3, -0.25) is 9.59 Å². The van der Waals surface area contributed by atoms with Crippen molar-refractivity contribution < 1.29 is 14.0 Å². The highest BCUT2D eigenvalue weighted by atomic mass is 16.3. The van der Waals surface area contributed by atoms with Crippen molar-refractivity contribution in [3.8, 4) is 0 Å². The lowest BCUT2D eigenvalue weighted by atomic mass is 10.0. The van der Waals surface area contributed by atoms with Crippen LogP contribution in [0.3, 0.4) is 0 Å². The fourth-order valence-corrected chi connectivity index (χ4v) is 3.12. The topological polar surface area (TPSA) is 71.3 Å². The number of carbonyl (C=O) groups excluding carboxylic acids is 2. The molecule has 2 aromatic carbocycles. The van der Waals surface area contributed by atoms with E-state index in [1.54, 1.807) is 24.5 Å². The minimum atomic E-state index is -0.178. The normalized spacial score (nSPS) is 13.6. The molecule has 0 saturated heterocycles. The quantitative estimate of drug-likeness (QED) is 0.717. The van der Waals surface area contributed by atoms with Crippen LogP contribution in [0.2, 0.25) is 0 Å². The van der Waals surface area contributed by atoms with Gasteiger partial charge in [-0.25, -0.2) is 0 Å². The van der Waals surface area contributed by atoms with Gasteiger partial charge in [-0.05, 0) is 62.1 Å². The molecule has 0 bridgehead atoms. The summed E-state index contributed by atoms with van der Waals surface area (Å²) in [6.45, 7) is 4.08. The van der Waals surface area contributed by atoms with Gasteiger partial charge in [0.15, 0.2) is 0 Å². The summed E-state index contributed by atoms with van der Waals surface area (Å²) in [7, 11) is 0. The molecule has 1 aromatic heterocycles. The maximum absolute atomic E-state index is 12.6. The number of nitrogens with one attached hydrogen (secondary N) is 2. The Kier molecular flexibility index (Phi) is 4.44. The van der Waals surface area contributed by atoms with Gasteiger partial charge in [-0.15, -0.1) is 0 Å². The number of benzene rings is 2. The van der Waals surface area contributed by atoms with Gasteiger partial charge in [0.25, 0.3) is 5.91 Å². The molecule has 2 N–H and O–H groups in total. The average molecular weight is 362 g/mol. The molecule has 1 fully saturated rings. The zero-order valence-electron chi connectivity index (χ0n) is 15.5. The zero-order valence-corrected chi connectivity index (χ0v) is 15.5. The lowest BCUT2D eigenvalue weighted by Crippen LogP contribution is -2.27. The van der Waals surface area contributed by atoms with Crippen LogP contribution in [0.25, 0.3) is 11.0 Å². The van der Waals surface area contributed by atoms with Crippen LogP contribution < -0.4 is 10.6 Å². The van der Waals surface area contributed by atoms with Gasteiger partial charge < -0.3 is 15.1 Å². The van der Waals surface area contributed by atoms with E-state index < -0.39 is 0 Å². The summed E-state index contributed by atoms with van der Waals surface area (Å²) in [6, 6.07) is 11.4. The monoisotopic (exact) mass is 362 g/mol. The Hall–Kier alpha value is -3.08. The molecule has 0 atom stereocenters. The maximum Gasteiger partial charge on any atom is 0.253 e. The van der Waals surface area contributed by atoms with Gasteiger partial charge in [0, 0.05) is 17.0 Å². The third-order valence-corrected chi connectivity index (χ3v) is 4.98. The van der Waals surface area contributed by atoms with Crippen LogP contribution in [-0.2, 0) is 11.2 Å². The van der Waals surface area contributed by atoms with Crippen LogP contribution in [0.5, 0.6) is 0 Å². The first-order valence-electron chi connectivity index (χ1n) is 9.18. The van der Waals surface area contributed by atoms with E-state index in [0.29, 0.717) is 11.3 Å². The Morgan fingerprint density at radius 1 is 1.11 bits per heavy atom. The Morgan fingerprint density at radius 2 is 1.85 bits per heavy atom. The second kappa shape index (κ2) is 6.91. The molecular weight excluding hydrogens is 340 g/mol. The molecule has 1 aliphatic carbocycles. The van der Waals surface area contributed by atoms with Crippen LogP contribution in [0.15, 0.2) is 47.1 Å². The van der Waals surface area contributed by atoms with E-state index in [4.69, 9.17) is 4.42 Å². The Morgan fingerprint density at radius 3 is 2.63 bits per heavy atom. The standard InChI is InChI=1S/C22H22N2O3/c1-13-9-18-15(12-27-20(18)10-14(13)2)11-21(25)24-19-6-4-3-5-17(19)22(26)23-16-7-8-16/h3-6,9-10,12,16H,7-8,11H2,1-2H3,(H,23,26)(H,24,25). The predicted octanol–water partition coefficient (Wildman–Crippen LogP) is 4.12. The first kappa shape index (κ1) is 17.3. The molecule has 1 saturated carbocycles. The largest absolute Gasteiger partial charge is 0.464 e. The molecule has 0 spiro atoms. The van der Waals surface area contributed by atoms with Gasteiger partial charge in [0.2, 0.25) is 5.91 Å². The number of aryl methyl sites for hydroxylation is 2. The molecule has 5 nitrogen and oxygen atoms in total. The fraction of sp³-hybridized carbons (Fsp3) is 0.273. The average Bonchev–Trinajstić information content (AvgIpc) is 3.38. The number of amides is 2. The fourth-order valence-electron chi connectivity index (χ4n) is 3.12. The van der Waals surface area contributed by atoms with Crippen molar-refractivity contribution in [2.45, 2.75) is 39.2 Å². The molecule has 0 radical (unpaired) electrons. The van der Waals surface area contributed by atoms with E-state index >= 15 is 0 Å². The molecule has 1 heterocycles. The van der Waals surface area contributed by atoms with Crippen molar-refractivity contribution in [3.63, 3.8) is 0 Å². The number of carbonyl (C=O) groups is 2. The summed E-state index contributed by atoms with van der Waals surface area (Å²) in [5, 5.41) is 6.78. The minimum absolute atomic E-state index is 0.145. The van der Waals surface area contributed by atoms with Crippen LogP contribution in [-0.4, -0.2) is 17.9 Å². The number of furan rings is 1. The summed E-state index contributed by atoms with van der Waals surface area (Å²) in [5.41, 5.74) is 4.95. The van der Waals surface area contributed by atoms with Crippen LogP contribution >= 0.6 is 0 Å². The highest BCUT2D eigenvalue weighted by Crippen LogP contribution is 2.26. The summed E-state index contributed by atoms with van der Waals surface area (Å²) < 4.78 is 5.60.